The van der Waals surface area contributed by atoms with Gasteiger partial charge in [0.05, 0.1) is 21.6 Å². The first kappa shape index (κ1) is 16.0. The molecule has 0 radical (unpaired) electrons. The van der Waals surface area contributed by atoms with Crippen LogP contribution in [0.4, 0.5) is 5.69 Å². The Morgan fingerprint density at radius 2 is 1.91 bits per heavy atom. The number of ether oxygens (including phenoxy) is 2. The minimum absolute atomic E-state index is 0.0661. The molecule has 0 spiro atoms. The number of hydrogen-bond donors (Lipinski definition) is 0. The molecule has 0 saturated carbocycles. The van der Waals surface area contributed by atoms with Crippen LogP contribution in [0.25, 0.3) is 0 Å². The molecule has 2 aromatic carbocycles. The monoisotopic (exact) mass is 365 g/mol. The minimum atomic E-state index is -0.558. The average Bonchev–Trinajstić information content (AvgIpc) is 2.50. The Morgan fingerprint density at radius 3 is 2.45 bits per heavy atom. The number of halogens is 1. The van der Waals surface area contributed by atoms with Crippen molar-refractivity contribution < 1.29 is 19.2 Å². The Kier molecular flexibility index (Phi) is 5.11. The summed E-state index contributed by atoms with van der Waals surface area (Å²) in [6.07, 6.45) is 0. The molecule has 7 heteroatoms. The van der Waals surface area contributed by atoms with Crippen molar-refractivity contribution >= 4 is 27.6 Å². The van der Waals surface area contributed by atoms with Gasteiger partial charge in [-0.05, 0) is 53.2 Å². The van der Waals surface area contributed by atoms with Gasteiger partial charge in [0, 0.05) is 12.1 Å². The maximum absolute atomic E-state index is 12.0. The van der Waals surface area contributed by atoms with Crippen molar-refractivity contribution in [2.24, 2.45) is 0 Å². The second kappa shape index (κ2) is 7.04. The summed E-state index contributed by atoms with van der Waals surface area (Å²) in [5, 5.41) is 10.6. The third kappa shape index (κ3) is 3.82. The summed E-state index contributed by atoms with van der Waals surface area (Å²) in [6.45, 7) is 2.38. The molecule has 0 fully saturated rings. The van der Waals surface area contributed by atoms with E-state index < -0.39 is 10.9 Å². The lowest BCUT2D eigenvalue weighted by molar-refractivity contribution is -0.384. The fourth-order valence-electron chi connectivity index (χ4n) is 1.70. The Morgan fingerprint density at radius 1 is 1.23 bits per heavy atom. The van der Waals surface area contributed by atoms with Crippen LogP contribution in [0.5, 0.6) is 11.5 Å². The lowest BCUT2D eigenvalue weighted by Crippen LogP contribution is -2.08. The third-order valence-corrected chi connectivity index (χ3v) is 3.35. The maximum Gasteiger partial charge on any atom is 0.343 e. The van der Waals surface area contributed by atoms with Gasteiger partial charge in [-0.25, -0.2) is 4.79 Å². The quantitative estimate of drug-likeness (QED) is 0.346. The third-order valence-electron chi connectivity index (χ3n) is 2.73. The van der Waals surface area contributed by atoms with Crippen molar-refractivity contribution in [1.82, 2.24) is 0 Å². The largest absolute Gasteiger partial charge is 0.493 e. The van der Waals surface area contributed by atoms with Crippen LogP contribution in [0, 0.1) is 10.1 Å². The summed E-state index contributed by atoms with van der Waals surface area (Å²) in [7, 11) is 0. The van der Waals surface area contributed by atoms with E-state index in [2.05, 4.69) is 15.9 Å². The predicted molar refractivity (Wildman–Crippen MR) is 83.4 cm³/mol. The number of benzene rings is 2. The first-order valence-electron chi connectivity index (χ1n) is 6.40. The summed E-state index contributed by atoms with van der Waals surface area (Å²) in [5.41, 5.74) is 0.275. The number of rotatable bonds is 5. The SMILES string of the molecule is CCOc1ccc(C(=O)Oc2ccc([N+](=O)[O-])cc2)cc1Br. The normalized spacial score (nSPS) is 10.1. The summed E-state index contributed by atoms with van der Waals surface area (Å²) >= 11 is 3.32. The molecule has 0 aliphatic heterocycles. The second-order valence-corrected chi connectivity index (χ2v) is 5.07. The zero-order chi connectivity index (χ0) is 16.1. The number of nitrogens with zero attached hydrogens (tertiary/aromatic N) is 1. The molecule has 22 heavy (non-hydrogen) atoms. The molecule has 114 valence electrons. The lowest BCUT2D eigenvalue weighted by Gasteiger charge is -2.08. The van der Waals surface area contributed by atoms with Crippen LogP contribution in [0.2, 0.25) is 0 Å². The van der Waals surface area contributed by atoms with Crippen molar-refractivity contribution in [2.75, 3.05) is 6.61 Å². The molecule has 0 aliphatic carbocycles. The molecule has 0 unspecified atom stereocenters. The van der Waals surface area contributed by atoms with Crippen LogP contribution in [0.3, 0.4) is 0 Å². The standard InChI is InChI=1S/C15H12BrNO5/c1-2-21-14-8-3-10(9-13(14)16)15(18)22-12-6-4-11(5-7-12)17(19)20/h3-9H,2H2,1H3. The maximum atomic E-state index is 12.0. The number of non-ortho nitro benzene ring substituents is 1. The smallest absolute Gasteiger partial charge is 0.343 e. The summed E-state index contributed by atoms with van der Waals surface area (Å²) in [6, 6.07) is 10.1. The van der Waals surface area contributed by atoms with Crippen LogP contribution in [-0.4, -0.2) is 17.5 Å². The number of carbonyl (C=O) groups excluding carboxylic acids is 1. The van der Waals surface area contributed by atoms with Crippen molar-refractivity contribution in [2.45, 2.75) is 6.92 Å². The molecule has 2 aromatic rings. The molecule has 2 rings (SSSR count). The van der Waals surface area contributed by atoms with E-state index >= 15 is 0 Å². The second-order valence-electron chi connectivity index (χ2n) is 4.22. The van der Waals surface area contributed by atoms with E-state index in [0.717, 1.165) is 0 Å². The lowest BCUT2D eigenvalue weighted by atomic mass is 10.2. The highest BCUT2D eigenvalue weighted by molar-refractivity contribution is 9.10. The Balaban J connectivity index is 2.11. The number of carbonyl (C=O) groups is 1. The van der Waals surface area contributed by atoms with Gasteiger partial charge >= 0.3 is 5.97 Å². The van der Waals surface area contributed by atoms with Crippen molar-refractivity contribution in [3.05, 3.63) is 62.6 Å². The van der Waals surface area contributed by atoms with Gasteiger partial charge in [0.15, 0.2) is 0 Å². The van der Waals surface area contributed by atoms with E-state index in [9.17, 15) is 14.9 Å². The molecule has 0 amide bonds. The Hall–Kier alpha value is -2.41. The fraction of sp³-hybridized carbons (Fsp3) is 0.133. The van der Waals surface area contributed by atoms with Gasteiger partial charge in [-0.15, -0.1) is 0 Å². The summed E-state index contributed by atoms with van der Waals surface area (Å²) in [4.78, 5) is 22.1. The van der Waals surface area contributed by atoms with Crippen molar-refractivity contribution in [3.63, 3.8) is 0 Å². The van der Waals surface area contributed by atoms with Crippen LogP contribution in [0.1, 0.15) is 17.3 Å². The van der Waals surface area contributed by atoms with Crippen LogP contribution >= 0.6 is 15.9 Å². The van der Waals surface area contributed by atoms with Crippen LogP contribution < -0.4 is 9.47 Å². The van der Waals surface area contributed by atoms with Gasteiger partial charge < -0.3 is 9.47 Å². The molecular weight excluding hydrogens is 354 g/mol. The molecule has 0 heterocycles. The van der Waals surface area contributed by atoms with E-state index in [0.29, 0.717) is 22.4 Å². The molecule has 0 N–H and O–H groups in total. The molecule has 0 aliphatic rings. The van der Waals surface area contributed by atoms with Gasteiger partial charge in [-0.3, -0.25) is 10.1 Å². The zero-order valence-electron chi connectivity index (χ0n) is 11.6. The van der Waals surface area contributed by atoms with E-state index in [1.807, 2.05) is 6.92 Å². The number of esters is 1. The molecule has 0 saturated heterocycles. The van der Waals surface area contributed by atoms with E-state index in [-0.39, 0.29) is 11.4 Å². The Labute approximate surface area is 134 Å². The van der Waals surface area contributed by atoms with Gasteiger partial charge in [0.2, 0.25) is 0 Å². The van der Waals surface area contributed by atoms with Gasteiger partial charge in [-0.1, -0.05) is 0 Å². The van der Waals surface area contributed by atoms with Gasteiger partial charge in [0.25, 0.3) is 5.69 Å². The van der Waals surface area contributed by atoms with Gasteiger partial charge in [-0.2, -0.15) is 0 Å². The number of nitro groups is 1. The first-order valence-corrected chi connectivity index (χ1v) is 7.19. The average molecular weight is 366 g/mol. The predicted octanol–water partition coefficient (Wildman–Crippen LogP) is 3.98. The van der Waals surface area contributed by atoms with Crippen molar-refractivity contribution in [1.29, 1.82) is 0 Å². The number of nitro benzene ring substituents is 1. The highest BCUT2D eigenvalue weighted by atomic mass is 79.9. The molecule has 6 nitrogen and oxygen atoms in total. The van der Waals surface area contributed by atoms with E-state index in [1.54, 1.807) is 18.2 Å². The van der Waals surface area contributed by atoms with Crippen molar-refractivity contribution in [3.8, 4) is 11.5 Å². The first-order chi connectivity index (χ1) is 10.5. The van der Waals surface area contributed by atoms with Crippen LogP contribution in [0.15, 0.2) is 46.9 Å². The van der Waals surface area contributed by atoms with E-state index in [4.69, 9.17) is 9.47 Å². The van der Waals surface area contributed by atoms with Crippen LogP contribution in [-0.2, 0) is 0 Å². The Bertz CT molecular complexity index is 700. The molecular formula is C15H12BrNO5. The molecule has 0 aromatic heterocycles. The highest BCUT2D eigenvalue weighted by Crippen LogP contribution is 2.27. The minimum Gasteiger partial charge on any atom is -0.493 e. The zero-order valence-corrected chi connectivity index (χ0v) is 13.2. The summed E-state index contributed by atoms with van der Waals surface area (Å²) in [5.74, 6) is 0.313. The highest BCUT2D eigenvalue weighted by Gasteiger charge is 2.12. The number of hydrogen-bond acceptors (Lipinski definition) is 5. The molecule has 0 atom stereocenters. The topological polar surface area (TPSA) is 78.7 Å². The molecule has 0 bridgehead atoms. The van der Waals surface area contributed by atoms with Gasteiger partial charge in [0.1, 0.15) is 11.5 Å². The summed E-state index contributed by atoms with van der Waals surface area (Å²) < 4.78 is 11.2. The van der Waals surface area contributed by atoms with E-state index in [1.165, 1.54) is 24.3 Å². The fourth-order valence-corrected chi connectivity index (χ4v) is 2.20.